The average molecular weight is 301 g/mol. The van der Waals surface area contributed by atoms with E-state index >= 15 is 0 Å². The fourth-order valence-electron chi connectivity index (χ4n) is 2.27. The highest BCUT2D eigenvalue weighted by molar-refractivity contribution is 5.86. The number of esters is 1. The first kappa shape index (κ1) is 15.3. The molecule has 2 rings (SSSR count). The van der Waals surface area contributed by atoms with Crippen molar-refractivity contribution in [3.05, 3.63) is 35.4 Å². The molecule has 0 aromatic heterocycles. The Labute approximate surface area is 119 Å². The number of halogens is 3. The molecule has 7 heteroatoms. The van der Waals surface area contributed by atoms with Gasteiger partial charge in [0.1, 0.15) is 6.54 Å². The van der Waals surface area contributed by atoms with Crippen LogP contribution in [0.5, 0.6) is 0 Å². The Morgan fingerprint density at radius 3 is 2.62 bits per heavy atom. The predicted molar refractivity (Wildman–Crippen MR) is 67.3 cm³/mol. The summed E-state index contributed by atoms with van der Waals surface area (Å²) >= 11 is 0. The van der Waals surface area contributed by atoms with Gasteiger partial charge in [-0.2, -0.15) is 13.2 Å². The van der Waals surface area contributed by atoms with Crippen molar-refractivity contribution in [2.75, 3.05) is 13.7 Å². The number of hydrogen-bond acceptors (Lipinski definition) is 3. The quantitative estimate of drug-likeness (QED) is 0.867. The molecule has 1 aromatic rings. The van der Waals surface area contributed by atoms with Crippen LogP contribution in [-0.2, 0) is 20.5 Å². The SMILES string of the molecule is COC(=O)CNC(=O)C1CC1c1ccccc1C(F)(F)F. The van der Waals surface area contributed by atoms with Gasteiger partial charge >= 0.3 is 12.1 Å². The number of hydrogen-bond donors (Lipinski definition) is 1. The molecule has 0 saturated heterocycles. The maximum atomic E-state index is 12.9. The summed E-state index contributed by atoms with van der Waals surface area (Å²) in [6, 6.07) is 5.24. The first-order chi connectivity index (χ1) is 9.84. The second kappa shape index (κ2) is 5.75. The zero-order valence-corrected chi connectivity index (χ0v) is 11.2. The summed E-state index contributed by atoms with van der Waals surface area (Å²) in [7, 11) is 1.19. The summed E-state index contributed by atoms with van der Waals surface area (Å²) in [5, 5.41) is 2.36. The molecular weight excluding hydrogens is 287 g/mol. The summed E-state index contributed by atoms with van der Waals surface area (Å²) in [4.78, 5) is 22.7. The van der Waals surface area contributed by atoms with Crippen LogP contribution in [-0.4, -0.2) is 25.5 Å². The number of carbonyl (C=O) groups is 2. The largest absolute Gasteiger partial charge is 0.468 e. The Hall–Kier alpha value is -2.05. The number of carbonyl (C=O) groups excluding carboxylic acids is 2. The second-order valence-corrected chi connectivity index (χ2v) is 4.83. The van der Waals surface area contributed by atoms with E-state index in [1.54, 1.807) is 0 Å². The zero-order chi connectivity index (χ0) is 15.6. The second-order valence-electron chi connectivity index (χ2n) is 4.83. The minimum Gasteiger partial charge on any atom is -0.468 e. The van der Waals surface area contributed by atoms with Gasteiger partial charge in [-0.1, -0.05) is 18.2 Å². The van der Waals surface area contributed by atoms with Gasteiger partial charge in [0.25, 0.3) is 0 Å². The maximum Gasteiger partial charge on any atom is 0.416 e. The van der Waals surface area contributed by atoms with Gasteiger partial charge in [-0.25, -0.2) is 0 Å². The van der Waals surface area contributed by atoms with Crippen molar-refractivity contribution in [1.29, 1.82) is 0 Å². The van der Waals surface area contributed by atoms with Crippen LogP contribution in [0.1, 0.15) is 23.5 Å². The third-order valence-corrected chi connectivity index (χ3v) is 3.43. The Morgan fingerprint density at radius 1 is 1.33 bits per heavy atom. The van der Waals surface area contributed by atoms with E-state index in [4.69, 9.17) is 0 Å². The van der Waals surface area contributed by atoms with Crippen molar-refractivity contribution in [3.8, 4) is 0 Å². The summed E-state index contributed by atoms with van der Waals surface area (Å²) in [5.41, 5.74) is -0.582. The molecule has 2 atom stereocenters. The molecule has 0 heterocycles. The Morgan fingerprint density at radius 2 is 2.00 bits per heavy atom. The van der Waals surface area contributed by atoms with E-state index in [9.17, 15) is 22.8 Å². The Kier molecular flexibility index (Phi) is 4.20. The van der Waals surface area contributed by atoms with Crippen LogP contribution in [0, 0.1) is 5.92 Å². The van der Waals surface area contributed by atoms with Crippen LogP contribution in [0.3, 0.4) is 0 Å². The van der Waals surface area contributed by atoms with Gasteiger partial charge < -0.3 is 10.1 Å². The van der Waals surface area contributed by atoms with Gasteiger partial charge in [0.2, 0.25) is 5.91 Å². The lowest BCUT2D eigenvalue weighted by Gasteiger charge is -2.12. The van der Waals surface area contributed by atoms with E-state index < -0.39 is 35.5 Å². The van der Waals surface area contributed by atoms with Crippen LogP contribution in [0.4, 0.5) is 13.2 Å². The van der Waals surface area contributed by atoms with Gasteiger partial charge in [0, 0.05) is 5.92 Å². The van der Waals surface area contributed by atoms with E-state index in [1.807, 2.05) is 0 Å². The minimum absolute atomic E-state index is 0.128. The van der Waals surface area contributed by atoms with Crippen LogP contribution >= 0.6 is 0 Å². The normalized spacial score (nSPS) is 20.8. The topological polar surface area (TPSA) is 55.4 Å². The highest BCUT2D eigenvalue weighted by atomic mass is 19.4. The van der Waals surface area contributed by atoms with E-state index in [0.717, 1.165) is 6.07 Å². The Bertz CT molecular complexity index is 557. The summed E-state index contributed by atoms with van der Waals surface area (Å²) in [6.45, 7) is -0.278. The van der Waals surface area contributed by atoms with Crippen molar-refractivity contribution in [1.82, 2.24) is 5.32 Å². The van der Waals surface area contributed by atoms with Gasteiger partial charge in [-0.15, -0.1) is 0 Å². The lowest BCUT2D eigenvalue weighted by molar-refractivity contribution is -0.141. The molecule has 0 aliphatic heterocycles. The molecule has 21 heavy (non-hydrogen) atoms. The lowest BCUT2D eigenvalue weighted by Crippen LogP contribution is -2.31. The van der Waals surface area contributed by atoms with Gasteiger partial charge in [-0.3, -0.25) is 9.59 Å². The fourth-order valence-corrected chi connectivity index (χ4v) is 2.27. The molecule has 0 radical (unpaired) electrons. The number of nitrogens with one attached hydrogen (secondary N) is 1. The zero-order valence-electron chi connectivity index (χ0n) is 11.2. The number of methoxy groups -OCH3 is 1. The number of ether oxygens (including phenoxy) is 1. The van der Waals surface area contributed by atoms with Crippen molar-refractivity contribution in [2.24, 2.45) is 5.92 Å². The molecule has 114 valence electrons. The fraction of sp³-hybridized carbons (Fsp3) is 0.429. The number of benzene rings is 1. The molecule has 0 spiro atoms. The molecule has 1 amide bonds. The standard InChI is InChI=1S/C14H14F3NO3/c1-21-12(19)7-18-13(20)10-6-9(10)8-4-2-3-5-11(8)14(15,16)17/h2-5,9-10H,6-7H2,1H3,(H,18,20). The Balaban J connectivity index is 2.04. The molecule has 1 aromatic carbocycles. The summed E-state index contributed by atoms with van der Waals surface area (Å²) < 4.78 is 43.1. The number of amides is 1. The average Bonchev–Trinajstić information content (AvgIpc) is 3.23. The van der Waals surface area contributed by atoms with E-state index in [2.05, 4.69) is 10.1 Å². The monoisotopic (exact) mass is 301 g/mol. The smallest absolute Gasteiger partial charge is 0.416 e. The summed E-state index contributed by atoms with van der Waals surface area (Å²) in [6.07, 6.45) is -4.09. The molecule has 1 saturated carbocycles. The molecule has 1 fully saturated rings. The lowest BCUT2D eigenvalue weighted by atomic mass is 10.0. The first-order valence-corrected chi connectivity index (χ1v) is 6.35. The molecule has 1 aliphatic rings. The summed E-state index contributed by atoms with van der Waals surface area (Å²) in [5.74, 6) is -2.02. The molecule has 1 N–H and O–H groups in total. The third kappa shape index (κ3) is 3.53. The molecule has 1 aliphatic carbocycles. The van der Waals surface area contributed by atoms with Gasteiger partial charge in [0.05, 0.1) is 12.7 Å². The van der Waals surface area contributed by atoms with E-state index in [1.165, 1.54) is 25.3 Å². The van der Waals surface area contributed by atoms with Gasteiger partial charge in [-0.05, 0) is 24.0 Å². The molecule has 0 bridgehead atoms. The third-order valence-electron chi connectivity index (χ3n) is 3.43. The number of alkyl halides is 3. The van der Waals surface area contributed by atoms with Crippen LogP contribution in [0.2, 0.25) is 0 Å². The molecule has 2 unspecified atom stereocenters. The van der Waals surface area contributed by atoms with Crippen molar-refractivity contribution in [3.63, 3.8) is 0 Å². The van der Waals surface area contributed by atoms with Crippen molar-refractivity contribution >= 4 is 11.9 Å². The predicted octanol–water partition coefficient (Wildman–Crippen LogP) is 2.10. The van der Waals surface area contributed by atoms with Crippen LogP contribution < -0.4 is 5.32 Å². The number of rotatable bonds is 4. The highest BCUT2D eigenvalue weighted by Gasteiger charge is 2.47. The van der Waals surface area contributed by atoms with E-state index in [-0.39, 0.29) is 12.1 Å². The van der Waals surface area contributed by atoms with E-state index in [0.29, 0.717) is 6.42 Å². The molecular formula is C14H14F3NO3. The first-order valence-electron chi connectivity index (χ1n) is 6.35. The van der Waals surface area contributed by atoms with Crippen molar-refractivity contribution in [2.45, 2.75) is 18.5 Å². The maximum absolute atomic E-state index is 12.9. The minimum atomic E-state index is -4.44. The highest BCUT2D eigenvalue weighted by Crippen LogP contribution is 2.50. The van der Waals surface area contributed by atoms with Crippen LogP contribution in [0.15, 0.2) is 24.3 Å². The van der Waals surface area contributed by atoms with Gasteiger partial charge in [0.15, 0.2) is 0 Å². The van der Waals surface area contributed by atoms with Crippen LogP contribution in [0.25, 0.3) is 0 Å². The molecule has 4 nitrogen and oxygen atoms in total. The van der Waals surface area contributed by atoms with Crippen molar-refractivity contribution < 1.29 is 27.5 Å².